The summed E-state index contributed by atoms with van der Waals surface area (Å²) in [6.45, 7) is 7.47. The van der Waals surface area contributed by atoms with Gasteiger partial charge in [0.25, 0.3) is 0 Å². The molecule has 0 saturated heterocycles. The molecule has 0 amide bonds. The summed E-state index contributed by atoms with van der Waals surface area (Å²) < 4.78 is 0. The summed E-state index contributed by atoms with van der Waals surface area (Å²) >= 11 is 0. The van der Waals surface area contributed by atoms with E-state index in [2.05, 4.69) is 20.8 Å². The lowest BCUT2D eigenvalue weighted by Gasteiger charge is -2.55. The van der Waals surface area contributed by atoms with Crippen molar-refractivity contribution in [2.75, 3.05) is 0 Å². The van der Waals surface area contributed by atoms with E-state index in [9.17, 15) is 0 Å². The zero-order valence-electron chi connectivity index (χ0n) is 20.5. The van der Waals surface area contributed by atoms with Crippen molar-refractivity contribution in [1.29, 1.82) is 0 Å². The molecule has 0 aromatic carbocycles. The molecule has 10 saturated carbocycles. The largest absolute Gasteiger partial charge is 0.0622 e. The fourth-order valence-corrected chi connectivity index (χ4v) is 11.3. The molecule has 0 heteroatoms. The van der Waals surface area contributed by atoms with Gasteiger partial charge in [-0.3, -0.25) is 0 Å². The lowest BCUT2D eigenvalue weighted by Crippen LogP contribution is -2.44. The maximum absolute atomic E-state index is 2.54. The van der Waals surface area contributed by atoms with Gasteiger partial charge in [0.15, 0.2) is 0 Å². The second kappa shape index (κ2) is 7.80. The third-order valence-electron chi connectivity index (χ3n) is 12.1. The van der Waals surface area contributed by atoms with Crippen LogP contribution < -0.4 is 0 Å². The fraction of sp³-hybridized carbons (Fsp3) is 1.00. The molecule has 0 aliphatic heterocycles. The van der Waals surface area contributed by atoms with E-state index in [1.165, 1.54) is 0 Å². The van der Waals surface area contributed by atoms with E-state index < -0.39 is 0 Å². The monoisotopic (exact) mass is 410 g/mol. The van der Waals surface area contributed by atoms with Gasteiger partial charge in [-0.1, -0.05) is 27.2 Å². The Balaban J connectivity index is 0.0000000889. The summed E-state index contributed by atoms with van der Waals surface area (Å²) in [5.41, 5.74) is 0.800. The lowest BCUT2D eigenvalue weighted by atomic mass is 9.50. The molecule has 10 aliphatic rings. The molecule has 10 bridgehead atoms. The molecule has 10 aliphatic carbocycles. The van der Waals surface area contributed by atoms with E-state index in [0.717, 1.165) is 70.5 Å². The van der Waals surface area contributed by atoms with Crippen LogP contribution in [0.1, 0.15) is 117 Å². The number of hydrogen-bond acceptors (Lipinski definition) is 0. The minimum absolute atomic E-state index is 0.800. The summed E-state index contributed by atoms with van der Waals surface area (Å²) in [5, 5.41) is 0. The fourth-order valence-electron chi connectivity index (χ4n) is 11.3. The molecular weight excluding hydrogens is 360 g/mol. The Morgan fingerprint density at radius 2 is 0.933 bits per heavy atom. The van der Waals surface area contributed by atoms with Crippen molar-refractivity contribution in [1.82, 2.24) is 0 Å². The van der Waals surface area contributed by atoms with Crippen LogP contribution >= 0.6 is 0 Å². The van der Waals surface area contributed by atoms with Gasteiger partial charge < -0.3 is 0 Å². The summed E-state index contributed by atoms with van der Waals surface area (Å²) in [6.07, 6.45) is 23.7. The highest BCUT2D eigenvalue weighted by Gasteiger charge is 2.48. The summed E-state index contributed by atoms with van der Waals surface area (Å²) in [7, 11) is 0. The van der Waals surface area contributed by atoms with Crippen LogP contribution in [0, 0.1) is 70.5 Å². The van der Waals surface area contributed by atoms with Crippen molar-refractivity contribution >= 4 is 0 Å². The van der Waals surface area contributed by atoms with Crippen LogP contribution in [-0.4, -0.2) is 0 Å². The summed E-state index contributed by atoms with van der Waals surface area (Å²) in [5.74, 6) is 12.5. The first-order valence-corrected chi connectivity index (χ1v) is 14.4. The predicted molar refractivity (Wildman–Crippen MR) is 127 cm³/mol. The quantitative estimate of drug-likeness (QED) is 0.374. The SMILES string of the molecule is CC12CC3CC(CC(C3)C1)C2.CC1C2CC3CC(C2)CC1C3.CC1CC2CCC1C2. The number of rotatable bonds is 0. The first-order chi connectivity index (χ1) is 14.4. The second-order valence-corrected chi connectivity index (χ2v) is 14.7. The molecule has 170 valence electrons. The van der Waals surface area contributed by atoms with Crippen LogP contribution in [0.5, 0.6) is 0 Å². The molecule has 0 N–H and O–H groups in total. The van der Waals surface area contributed by atoms with Crippen molar-refractivity contribution in [3.63, 3.8) is 0 Å². The van der Waals surface area contributed by atoms with Crippen LogP contribution in [-0.2, 0) is 0 Å². The van der Waals surface area contributed by atoms with Gasteiger partial charge in [0.1, 0.15) is 0 Å². The molecule has 0 nitrogen and oxygen atoms in total. The lowest BCUT2D eigenvalue weighted by molar-refractivity contribution is -0.0411. The normalized spacial score (nSPS) is 58.3. The topological polar surface area (TPSA) is 0 Å². The van der Waals surface area contributed by atoms with Crippen molar-refractivity contribution in [3.8, 4) is 0 Å². The number of fused-ring (bicyclic) bond motifs is 2. The van der Waals surface area contributed by atoms with E-state index in [4.69, 9.17) is 0 Å². The minimum atomic E-state index is 0.800. The molecule has 30 heavy (non-hydrogen) atoms. The van der Waals surface area contributed by atoms with Crippen molar-refractivity contribution in [2.45, 2.75) is 117 Å². The van der Waals surface area contributed by atoms with Crippen LogP contribution in [0.2, 0.25) is 0 Å². The molecule has 0 aromatic heterocycles. The van der Waals surface area contributed by atoms with Crippen molar-refractivity contribution < 1.29 is 0 Å². The molecule has 0 aromatic rings. The van der Waals surface area contributed by atoms with E-state index in [1.807, 2.05) is 0 Å². The molecule has 3 unspecified atom stereocenters. The van der Waals surface area contributed by atoms with Crippen LogP contribution in [0.15, 0.2) is 0 Å². The van der Waals surface area contributed by atoms with Gasteiger partial charge in [0.05, 0.1) is 0 Å². The molecule has 10 fully saturated rings. The van der Waals surface area contributed by atoms with E-state index in [0.29, 0.717) is 0 Å². The van der Waals surface area contributed by atoms with Gasteiger partial charge in [-0.15, -0.1) is 0 Å². The first-order valence-electron chi connectivity index (χ1n) is 14.4. The van der Waals surface area contributed by atoms with Crippen molar-refractivity contribution in [2.24, 2.45) is 70.5 Å². The van der Waals surface area contributed by atoms with E-state index in [1.54, 1.807) is 96.3 Å². The van der Waals surface area contributed by atoms with Crippen LogP contribution in [0.4, 0.5) is 0 Å². The Labute approximate surface area is 187 Å². The first kappa shape index (κ1) is 20.6. The molecule has 3 atom stereocenters. The molecule has 0 heterocycles. The highest BCUT2D eigenvalue weighted by Crippen LogP contribution is 2.59. The number of hydrogen-bond donors (Lipinski definition) is 0. The Bertz CT molecular complexity index is 550. The molecular formula is C30H50. The highest BCUT2D eigenvalue weighted by molar-refractivity contribution is 4.99. The van der Waals surface area contributed by atoms with E-state index in [-0.39, 0.29) is 0 Å². The molecule has 0 radical (unpaired) electrons. The zero-order chi connectivity index (χ0) is 20.5. The van der Waals surface area contributed by atoms with Gasteiger partial charge in [-0.05, 0) is 160 Å². The van der Waals surface area contributed by atoms with Crippen LogP contribution in [0.3, 0.4) is 0 Å². The molecule has 0 spiro atoms. The highest BCUT2D eigenvalue weighted by atomic mass is 14.5. The summed E-state index contributed by atoms with van der Waals surface area (Å²) in [6, 6.07) is 0. The molecule has 10 rings (SSSR count). The predicted octanol–water partition coefficient (Wildman–Crippen LogP) is 8.74. The smallest absolute Gasteiger partial charge is 0.0318 e. The van der Waals surface area contributed by atoms with Gasteiger partial charge in [0.2, 0.25) is 0 Å². The van der Waals surface area contributed by atoms with E-state index >= 15 is 0 Å². The minimum Gasteiger partial charge on any atom is -0.0622 e. The summed E-state index contributed by atoms with van der Waals surface area (Å²) in [4.78, 5) is 0. The Morgan fingerprint density at radius 3 is 1.27 bits per heavy atom. The van der Waals surface area contributed by atoms with Gasteiger partial charge >= 0.3 is 0 Å². The maximum atomic E-state index is 2.54. The van der Waals surface area contributed by atoms with Gasteiger partial charge in [-0.25, -0.2) is 0 Å². The van der Waals surface area contributed by atoms with Gasteiger partial charge in [0, 0.05) is 0 Å². The Hall–Kier alpha value is 0. The standard InChI is InChI=1S/2C11H18.C8H14/c1-11-5-8-2-9(6-11)4-10(3-8)7-11;1-7-10-3-8-2-9(5-10)6-11(7)4-8;1-6-4-7-2-3-8(6)5-7/h8-10H,2-7H2,1H3;7-11H,2-6H2,1H3;6-8H,2-5H2,1H3. The third-order valence-corrected chi connectivity index (χ3v) is 12.1. The Morgan fingerprint density at radius 1 is 0.467 bits per heavy atom. The average molecular weight is 411 g/mol. The maximum Gasteiger partial charge on any atom is -0.0318 e. The third kappa shape index (κ3) is 3.94. The van der Waals surface area contributed by atoms with Gasteiger partial charge in [-0.2, -0.15) is 0 Å². The average Bonchev–Trinajstić information content (AvgIpc) is 3.27. The zero-order valence-corrected chi connectivity index (χ0v) is 20.5. The van der Waals surface area contributed by atoms with Crippen molar-refractivity contribution in [3.05, 3.63) is 0 Å². The second-order valence-electron chi connectivity index (χ2n) is 14.7. The Kier molecular flexibility index (Phi) is 5.35. The van der Waals surface area contributed by atoms with Crippen LogP contribution in [0.25, 0.3) is 0 Å².